The number of hydrogen-bond donors (Lipinski definition) is 2. The number of halogens is 2. The molecule has 3 aliphatic rings. The maximum Gasteiger partial charge on any atom is 0.237 e. The van der Waals surface area contributed by atoms with E-state index in [-0.39, 0.29) is 29.0 Å². The number of aliphatic imine (C=N–C) groups is 1. The van der Waals surface area contributed by atoms with Crippen molar-refractivity contribution in [2.75, 3.05) is 11.8 Å². The Morgan fingerprint density at radius 3 is 2.75 bits per heavy atom. The summed E-state index contributed by atoms with van der Waals surface area (Å²) in [5.74, 6) is 0.151. The van der Waals surface area contributed by atoms with Crippen LogP contribution in [0.25, 0.3) is 5.57 Å². The zero-order valence-corrected chi connectivity index (χ0v) is 21.2. The Morgan fingerprint density at radius 1 is 1.14 bits per heavy atom. The van der Waals surface area contributed by atoms with Crippen LogP contribution in [0.5, 0.6) is 5.88 Å². The molecule has 1 fully saturated rings. The minimum absolute atomic E-state index is 0.0484. The van der Waals surface area contributed by atoms with Crippen molar-refractivity contribution in [3.05, 3.63) is 65.6 Å². The highest BCUT2D eigenvalue weighted by Gasteiger charge is 2.35. The second kappa shape index (κ2) is 10.9. The summed E-state index contributed by atoms with van der Waals surface area (Å²) in [5.41, 5.74) is 2.45. The first kappa shape index (κ1) is 24.6. The molecule has 0 amide bonds. The monoisotopic (exact) mass is 512 g/mol. The molecule has 2 N–H and O–H groups in total. The van der Waals surface area contributed by atoms with E-state index in [2.05, 4.69) is 34.1 Å². The number of hydrogen-bond acceptors (Lipinski definition) is 7. The van der Waals surface area contributed by atoms with E-state index in [9.17, 15) is 8.78 Å². The van der Waals surface area contributed by atoms with Crippen molar-refractivity contribution in [2.24, 2.45) is 10.9 Å². The molecule has 190 valence electrons. The van der Waals surface area contributed by atoms with E-state index in [1.807, 2.05) is 6.07 Å². The summed E-state index contributed by atoms with van der Waals surface area (Å²) in [6.07, 6.45) is 13.9. The average Bonchev–Trinajstić information content (AvgIpc) is 2.89. The predicted octanol–water partition coefficient (Wildman–Crippen LogP) is 6.12. The average molecular weight is 513 g/mol. The molecule has 1 aliphatic heterocycles. The van der Waals surface area contributed by atoms with Gasteiger partial charge in [0.1, 0.15) is 29.1 Å². The van der Waals surface area contributed by atoms with Gasteiger partial charge in [-0.3, -0.25) is 4.99 Å². The quantitative estimate of drug-likeness (QED) is 0.436. The molecular formula is C27H30F2N4O2S. The molecular weight excluding hydrogens is 482 g/mol. The van der Waals surface area contributed by atoms with Gasteiger partial charge >= 0.3 is 0 Å². The Bertz CT molecular complexity index is 1200. The molecule has 1 aromatic carbocycles. The normalized spacial score (nSPS) is 23.7. The highest BCUT2D eigenvalue weighted by Crippen LogP contribution is 2.38. The van der Waals surface area contributed by atoms with Crippen LogP contribution in [0.4, 0.5) is 14.5 Å². The van der Waals surface area contributed by atoms with Gasteiger partial charge in [-0.1, -0.05) is 12.5 Å². The smallest absolute Gasteiger partial charge is 0.237 e. The molecule has 1 aromatic heterocycles. The Kier molecular flexibility index (Phi) is 7.46. The number of allylic oxidation sites excluding steroid dienone is 2. The van der Waals surface area contributed by atoms with Crippen molar-refractivity contribution in [2.45, 2.75) is 62.1 Å². The number of ether oxygens (including phenoxy) is 2. The van der Waals surface area contributed by atoms with Crippen LogP contribution in [-0.4, -0.2) is 36.6 Å². The molecule has 6 nitrogen and oxygen atoms in total. The number of benzene rings is 1. The van der Waals surface area contributed by atoms with E-state index in [1.54, 1.807) is 12.5 Å². The number of nitrogens with one attached hydrogen (secondary N) is 2. The van der Waals surface area contributed by atoms with Gasteiger partial charge < -0.3 is 19.5 Å². The Hall–Kier alpha value is -3.07. The second-order valence-corrected chi connectivity index (χ2v) is 10.2. The number of fused-ring (bicyclic) bond motifs is 1. The summed E-state index contributed by atoms with van der Waals surface area (Å²) in [6.45, 7) is 2.15. The van der Waals surface area contributed by atoms with Crippen molar-refractivity contribution in [3.63, 3.8) is 0 Å². The number of aromatic nitrogens is 1. The molecule has 5 rings (SSSR count). The first-order valence-electron chi connectivity index (χ1n) is 12.3. The van der Waals surface area contributed by atoms with Gasteiger partial charge in [0.25, 0.3) is 0 Å². The highest BCUT2D eigenvalue weighted by molar-refractivity contribution is 8.00. The Balaban J connectivity index is 1.43. The first-order chi connectivity index (χ1) is 17.5. The summed E-state index contributed by atoms with van der Waals surface area (Å²) in [4.78, 5) is 9.46. The van der Waals surface area contributed by atoms with Crippen molar-refractivity contribution >= 4 is 29.5 Å². The molecule has 3 unspecified atom stereocenters. The van der Waals surface area contributed by atoms with Crippen LogP contribution in [0, 0.1) is 17.6 Å². The molecule has 0 saturated heterocycles. The fourth-order valence-corrected chi connectivity index (χ4v) is 5.55. The second-order valence-electron chi connectivity index (χ2n) is 9.36. The maximum atomic E-state index is 14.1. The van der Waals surface area contributed by atoms with Gasteiger partial charge in [-0.25, -0.2) is 13.8 Å². The van der Waals surface area contributed by atoms with Crippen LogP contribution in [0.15, 0.2) is 58.3 Å². The summed E-state index contributed by atoms with van der Waals surface area (Å²) < 4.78 is 42.5. The van der Waals surface area contributed by atoms with Crippen molar-refractivity contribution in [3.8, 4) is 5.88 Å². The van der Waals surface area contributed by atoms with Crippen LogP contribution >= 0.6 is 11.9 Å². The fraction of sp³-hybridized carbons (Fsp3) is 0.407. The largest absolute Gasteiger partial charge is 0.492 e. The molecule has 0 radical (unpaired) electrons. The fourth-order valence-electron chi connectivity index (χ4n) is 4.89. The van der Waals surface area contributed by atoms with E-state index in [1.165, 1.54) is 38.5 Å². The molecule has 2 aliphatic carbocycles. The summed E-state index contributed by atoms with van der Waals surface area (Å²) in [7, 11) is 1.53. The minimum atomic E-state index is -0.636. The van der Waals surface area contributed by atoms with Crippen LogP contribution in [0.2, 0.25) is 0 Å². The molecule has 2 aromatic rings. The predicted molar refractivity (Wildman–Crippen MR) is 139 cm³/mol. The number of methoxy groups -OCH3 is 1. The lowest BCUT2D eigenvalue weighted by Crippen LogP contribution is -2.44. The SMILES string of the molecule is COc1ncc(C2=CC3C(C)NC=NC3C(OC3CCCCC3)=C2)cc1NSc1ccc(F)cc1F. The van der Waals surface area contributed by atoms with Crippen molar-refractivity contribution in [1.82, 2.24) is 10.3 Å². The topological polar surface area (TPSA) is 67.8 Å². The van der Waals surface area contributed by atoms with Gasteiger partial charge in [-0.05, 0) is 74.4 Å². The zero-order chi connectivity index (χ0) is 25.1. The van der Waals surface area contributed by atoms with Gasteiger partial charge in [-0.15, -0.1) is 0 Å². The van der Waals surface area contributed by atoms with Crippen LogP contribution in [0.1, 0.15) is 44.6 Å². The molecule has 2 heterocycles. The summed E-state index contributed by atoms with van der Waals surface area (Å²) in [6, 6.07) is 5.55. The van der Waals surface area contributed by atoms with Gasteiger partial charge in [0, 0.05) is 29.8 Å². The van der Waals surface area contributed by atoms with E-state index >= 15 is 0 Å². The third-order valence-electron chi connectivity index (χ3n) is 6.87. The molecule has 9 heteroatoms. The van der Waals surface area contributed by atoms with E-state index in [4.69, 9.17) is 14.5 Å². The molecule has 0 spiro atoms. The van der Waals surface area contributed by atoms with E-state index in [0.717, 1.165) is 47.8 Å². The summed E-state index contributed by atoms with van der Waals surface area (Å²) >= 11 is 1.04. The van der Waals surface area contributed by atoms with Crippen LogP contribution < -0.4 is 14.8 Å². The number of nitrogens with zero attached hydrogens (tertiary/aromatic N) is 2. The maximum absolute atomic E-state index is 14.1. The van der Waals surface area contributed by atoms with Gasteiger partial charge in [0.05, 0.1) is 24.4 Å². The standard InChI is InChI=1S/C27H30F2N4O2S/c1-16-21-10-17(12-24(26(21)32-15-31-16)35-20-6-4-3-5-7-20)18-11-23(27(34-2)30-14-18)33-36-25-9-8-19(28)13-22(25)29/h8-16,20-21,26,33H,3-7H2,1-2H3,(H,31,32). The molecule has 36 heavy (non-hydrogen) atoms. The van der Waals surface area contributed by atoms with Crippen LogP contribution in [0.3, 0.4) is 0 Å². The minimum Gasteiger partial charge on any atom is -0.492 e. The lowest BCUT2D eigenvalue weighted by atomic mass is 9.82. The van der Waals surface area contributed by atoms with Crippen LogP contribution in [-0.2, 0) is 4.74 Å². The van der Waals surface area contributed by atoms with Gasteiger partial charge in [-0.2, -0.15) is 0 Å². The summed E-state index contributed by atoms with van der Waals surface area (Å²) in [5, 5.41) is 3.32. The number of rotatable bonds is 7. The van der Waals surface area contributed by atoms with E-state index in [0.29, 0.717) is 11.6 Å². The lowest BCUT2D eigenvalue weighted by Gasteiger charge is -2.37. The highest BCUT2D eigenvalue weighted by atomic mass is 32.2. The Labute approximate surface area is 214 Å². The lowest BCUT2D eigenvalue weighted by molar-refractivity contribution is 0.0663. The number of anilines is 1. The third kappa shape index (κ3) is 5.36. The van der Waals surface area contributed by atoms with Gasteiger partial charge in [0.2, 0.25) is 5.88 Å². The van der Waals surface area contributed by atoms with Gasteiger partial charge in [0.15, 0.2) is 0 Å². The molecule has 1 saturated carbocycles. The zero-order valence-electron chi connectivity index (χ0n) is 20.3. The molecule has 0 bridgehead atoms. The first-order valence-corrected chi connectivity index (χ1v) is 13.1. The third-order valence-corrected chi connectivity index (χ3v) is 7.75. The van der Waals surface area contributed by atoms with Crippen molar-refractivity contribution < 1.29 is 18.3 Å². The van der Waals surface area contributed by atoms with E-state index < -0.39 is 11.6 Å². The van der Waals surface area contributed by atoms with Crippen molar-refractivity contribution in [1.29, 1.82) is 0 Å². The molecule has 3 atom stereocenters. The Morgan fingerprint density at radius 2 is 1.97 bits per heavy atom. The number of pyridine rings is 1.